The molecule has 0 aromatic heterocycles. The third-order valence-electron chi connectivity index (χ3n) is 3.15. The molecule has 3 nitrogen and oxygen atoms in total. The monoisotopic (exact) mass is 345 g/mol. The summed E-state index contributed by atoms with van der Waals surface area (Å²) in [5.41, 5.74) is 1.06. The number of aliphatic hydroxyl groups is 1. The van der Waals surface area contributed by atoms with Crippen molar-refractivity contribution in [3.63, 3.8) is 0 Å². The molecule has 0 aliphatic carbocycles. The zero-order chi connectivity index (χ0) is 17.0. The number of hydrogen-bond acceptors (Lipinski definition) is 3. The Labute approximate surface area is 136 Å². The van der Waals surface area contributed by atoms with Gasteiger partial charge in [-0.1, -0.05) is 23.7 Å². The Kier molecular flexibility index (Phi) is 5.38. The number of aliphatic hydroxyl groups excluding tert-OH is 1. The van der Waals surface area contributed by atoms with E-state index in [1.54, 1.807) is 31.2 Å². The summed E-state index contributed by atoms with van der Waals surface area (Å²) in [5.74, 6) is -0.368. The highest BCUT2D eigenvalue weighted by molar-refractivity contribution is 6.30. The van der Waals surface area contributed by atoms with Gasteiger partial charge in [0.1, 0.15) is 5.75 Å². The van der Waals surface area contributed by atoms with Gasteiger partial charge in [0.15, 0.2) is 0 Å². The Bertz CT molecular complexity index is 647. The van der Waals surface area contributed by atoms with Crippen molar-refractivity contribution in [2.24, 2.45) is 0 Å². The van der Waals surface area contributed by atoms with E-state index in [9.17, 15) is 18.3 Å². The number of nitrogens with one attached hydrogen (secondary N) is 1. The molecule has 2 atom stereocenters. The molecule has 0 fully saturated rings. The van der Waals surface area contributed by atoms with Gasteiger partial charge in [0.05, 0.1) is 12.1 Å². The second kappa shape index (κ2) is 7.10. The van der Waals surface area contributed by atoms with E-state index >= 15 is 0 Å². The normalized spacial score (nSPS) is 14.2. The largest absolute Gasteiger partial charge is 0.573 e. The number of hydrogen-bond donors (Lipinski definition) is 2. The Morgan fingerprint density at radius 2 is 1.78 bits per heavy atom. The van der Waals surface area contributed by atoms with Crippen molar-refractivity contribution in [3.8, 4) is 5.75 Å². The third-order valence-corrected chi connectivity index (χ3v) is 3.40. The highest BCUT2D eigenvalue weighted by atomic mass is 35.5. The fourth-order valence-corrected chi connectivity index (χ4v) is 2.20. The van der Waals surface area contributed by atoms with Crippen molar-refractivity contribution < 1.29 is 23.0 Å². The zero-order valence-corrected chi connectivity index (χ0v) is 12.9. The van der Waals surface area contributed by atoms with Crippen LogP contribution in [0.3, 0.4) is 0 Å². The van der Waals surface area contributed by atoms with E-state index in [0.29, 0.717) is 10.6 Å². The molecule has 124 valence electrons. The molecule has 0 aliphatic heterocycles. The molecule has 7 heteroatoms. The minimum absolute atomic E-state index is 0.320. The van der Waals surface area contributed by atoms with E-state index < -0.39 is 18.5 Å². The fraction of sp³-hybridized carbons (Fsp3) is 0.250. The quantitative estimate of drug-likeness (QED) is 0.820. The van der Waals surface area contributed by atoms with Crippen LogP contribution in [0.5, 0.6) is 5.75 Å². The van der Waals surface area contributed by atoms with E-state index in [2.05, 4.69) is 10.1 Å². The summed E-state index contributed by atoms with van der Waals surface area (Å²) in [6.07, 6.45) is -5.78. The lowest BCUT2D eigenvalue weighted by molar-refractivity contribution is -0.274. The summed E-state index contributed by atoms with van der Waals surface area (Å²) in [7, 11) is 0. The van der Waals surface area contributed by atoms with Crippen molar-refractivity contribution >= 4 is 17.3 Å². The number of ether oxygens (including phenoxy) is 1. The van der Waals surface area contributed by atoms with Gasteiger partial charge in [0.25, 0.3) is 0 Å². The molecule has 2 unspecified atom stereocenters. The second-order valence-corrected chi connectivity index (χ2v) is 5.44. The number of alkyl halides is 3. The molecule has 2 aromatic carbocycles. The van der Waals surface area contributed by atoms with Crippen LogP contribution >= 0.6 is 11.6 Å². The Balaban J connectivity index is 2.08. The van der Waals surface area contributed by atoms with E-state index in [1.165, 1.54) is 18.2 Å². The Hall–Kier alpha value is -1.92. The van der Waals surface area contributed by atoms with Crippen LogP contribution in [0.2, 0.25) is 5.02 Å². The van der Waals surface area contributed by atoms with Crippen molar-refractivity contribution in [2.45, 2.75) is 25.4 Å². The molecule has 0 heterocycles. The smallest absolute Gasteiger partial charge is 0.406 e. The molecule has 0 amide bonds. The molecule has 0 saturated carbocycles. The molecule has 2 rings (SSSR count). The average molecular weight is 346 g/mol. The SMILES string of the molecule is CC(Nc1ccc(Cl)cc1)C(O)c1cccc(OC(F)(F)F)c1. The summed E-state index contributed by atoms with van der Waals surface area (Å²) in [6.45, 7) is 1.72. The molecule has 0 spiro atoms. The molecule has 0 radical (unpaired) electrons. The molecule has 0 saturated heterocycles. The van der Waals surface area contributed by atoms with Crippen molar-refractivity contribution in [1.29, 1.82) is 0 Å². The minimum Gasteiger partial charge on any atom is -0.406 e. The summed E-state index contributed by atoms with van der Waals surface area (Å²) < 4.78 is 40.6. The second-order valence-electron chi connectivity index (χ2n) is 5.01. The average Bonchev–Trinajstić information content (AvgIpc) is 2.47. The lowest BCUT2D eigenvalue weighted by Gasteiger charge is -2.22. The minimum atomic E-state index is -4.77. The maximum absolute atomic E-state index is 12.2. The van der Waals surface area contributed by atoms with Crippen LogP contribution in [-0.4, -0.2) is 17.5 Å². The summed E-state index contributed by atoms with van der Waals surface area (Å²) in [5, 5.41) is 13.9. The fourth-order valence-electron chi connectivity index (χ4n) is 2.07. The number of halogens is 4. The van der Waals surface area contributed by atoms with Gasteiger partial charge >= 0.3 is 6.36 Å². The van der Waals surface area contributed by atoms with Gasteiger partial charge in [-0.3, -0.25) is 0 Å². The predicted molar refractivity (Wildman–Crippen MR) is 82.6 cm³/mol. The number of anilines is 1. The van der Waals surface area contributed by atoms with E-state index in [1.807, 2.05) is 0 Å². The third kappa shape index (κ3) is 5.33. The first kappa shape index (κ1) is 17.4. The molecule has 2 aromatic rings. The van der Waals surface area contributed by atoms with Gasteiger partial charge in [-0.2, -0.15) is 0 Å². The Morgan fingerprint density at radius 3 is 2.39 bits per heavy atom. The molecule has 0 bridgehead atoms. The number of benzene rings is 2. The van der Waals surface area contributed by atoms with Crippen LogP contribution in [-0.2, 0) is 0 Å². The van der Waals surface area contributed by atoms with E-state index in [0.717, 1.165) is 11.8 Å². The standard InChI is InChI=1S/C16H15ClF3NO2/c1-10(21-13-7-5-12(17)6-8-13)15(22)11-3-2-4-14(9-11)23-16(18,19)20/h2-10,15,21-22H,1H3. The predicted octanol–water partition coefficient (Wildman–Crippen LogP) is 4.77. The summed E-state index contributed by atoms with van der Waals surface area (Å²) in [4.78, 5) is 0. The first-order valence-corrected chi connectivity index (χ1v) is 7.18. The maximum atomic E-state index is 12.2. The van der Waals surface area contributed by atoms with Gasteiger partial charge in [0.2, 0.25) is 0 Å². The lowest BCUT2D eigenvalue weighted by atomic mass is 10.0. The topological polar surface area (TPSA) is 41.5 Å². The molecule has 23 heavy (non-hydrogen) atoms. The van der Waals surface area contributed by atoms with Crippen molar-refractivity contribution in [3.05, 3.63) is 59.1 Å². The van der Waals surface area contributed by atoms with Gasteiger partial charge in [-0.05, 0) is 48.9 Å². The summed E-state index contributed by atoms with van der Waals surface area (Å²) >= 11 is 5.79. The van der Waals surface area contributed by atoms with E-state index in [-0.39, 0.29) is 5.75 Å². The van der Waals surface area contributed by atoms with E-state index in [4.69, 9.17) is 11.6 Å². The molecular formula is C16H15ClF3NO2. The van der Waals surface area contributed by atoms with Crippen molar-refractivity contribution in [1.82, 2.24) is 0 Å². The van der Waals surface area contributed by atoms with Crippen LogP contribution in [0.25, 0.3) is 0 Å². The van der Waals surface area contributed by atoms with Crippen LogP contribution in [0.4, 0.5) is 18.9 Å². The molecular weight excluding hydrogens is 331 g/mol. The van der Waals surface area contributed by atoms with Crippen LogP contribution < -0.4 is 10.1 Å². The lowest BCUT2D eigenvalue weighted by Crippen LogP contribution is -2.24. The van der Waals surface area contributed by atoms with Gasteiger partial charge in [0, 0.05) is 10.7 Å². The van der Waals surface area contributed by atoms with Crippen LogP contribution in [0.15, 0.2) is 48.5 Å². The Morgan fingerprint density at radius 1 is 1.13 bits per heavy atom. The molecule has 0 aliphatic rings. The van der Waals surface area contributed by atoms with Gasteiger partial charge < -0.3 is 15.2 Å². The van der Waals surface area contributed by atoms with Crippen LogP contribution in [0.1, 0.15) is 18.6 Å². The first-order chi connectivity index (χ1) is 10.7. The first-order valence-electron chi connectivity index (χ1n) is 6.80. The number of rotatable bonds is 5. The van der Waals surface area contributed by atoms with Gasteiger partial charge in [-0.25, -0.2) is 0 Å². The highest BCUT2D eigenvalue weighted by Crippen LogP contribution is 2.27. The zero-order valence-electron chi connectivity index (χ0n) is 12.1. The highest BCUT2D eigenvalue weighted by Gasteiger charge is 2.31. The van der Waals surface area contributed by atoms with Crippen LogP contribution in [0, 0.1) is 0 Å². The maximum Gasteiger partial charge on any atom is 0.573 e. The van der Waals surface area contributed by atoms with Crippen molar-refractivity contribution in [2.75, 3.05) is 5.32 Å². The van der Waals surface area contributed by atoms with Gasteiger partial charge in [-0.15, -0.1) is 13.2 Å². The molecule has 2 N–H and O–H groups in total. The summed E-state index contributed by atoms with van der Waals surface area (Å²) in [6, 6.07) is 11.7.